The number of hydrogen-bond donors (Lipinski definition) is 2. The molecule has 0 bridgehead atoms. The lowest BCUT2D eigenvalue weighted by atomic mass is 9.94. The Hall–Kier alpha value is -1.65. The number of nitrogens with two attached hydrogens (primary N) is 1. The highest BCUT2D eigenvalue weighted by Crippen LogP contribution is 2.25. The van der Waals surface area contributed by atoms with E-state index in [2.05, 4.69) is 15.3 Å². The van der Waals surface area contributed by atoms with Crippen LogP contribution in [0.3, 0.4) is 0 Å². The Labute approximate surface area is 114 Å². The van der Waals surface area contributed by atoms with Crippen molar-refractivity contribution in [2.24, 2.45) is 11.7 Å². The van der Waals surface area contributed by atoms with Gasteiger partial charge in [0, 0.05) is 17.4 Å². The highest BCUT2D eigenvalue weighted by Gasteiger charge is 2.28. The molecule has 1 saturated carbocycles. The maximum Gasteiger partial charge on any atom is 0.223 e. The van der Waals surface area contributed by atoms with Crippen molar-refractivity contribution in [3.8, 4) is 0 Å². The van der Waals surface area contributed by atoms with Gasteiger partial charge >= 0.3 is 0 Å². The molecule has 5 heteroatoms. The Morgan fingerprint density at radius 1 is 1.21 bits per heavy atom. The molecule has 3 N–H and O–H groups in total. The van der Waals surface area contributed by atoms with E-state index in [1.807, 2.05) is 19.9 Å². The van der Waals surface area contributed by atoms with Crippen molar-refractivity contribution in [3.63, 3.8) is 0 Å². The predicted molar refractivity (Wildman–Crippen MR) is 74.7 cm³/mol. The monoisotopic (exact) mass is 262 g/mol. The summed E-state index contributed by atoms with van der Waals surface area (Å²) in [6.45, 7) is 3.89. The molecule has 2 unspecified atom stereocenters. The fraction of sp³-hybridized carbons (Fsp3) is 0.643. The standard InChI is InChI=1S/C14H22N4O/c1-9-8-10(2)17-14(16-9)18-12-7-5-3-4-6-11(12)13(15)19/h8,11-12H,3-7H2,1-2H3,(H2,15,19)(H,16,17,18). The molecule has 0 aromatic carbocycles. The van der Waals surface area contributed by atoms with Gasteiger partial charge in [-0.3, -0.25) is 4.79 Å². The largest absolute Gasteiger partial charge is 0.369 e. The molecule has 1 heterocycles. The van der Waals surface area contributed by atoms with Gasteiger partial charge in [0.25, 0.3) is 0 Å². The van der Waals surface area contributed by atoms with Crippen LogP contribution in [-0.2, 0) is 4.79 Å². The summed E-state index contributed by atoms with van der Waals surface area (Å²) < 4.78 is 0. The maximum absolute atomic E-state index is 11.6. The van der Waals surface area contributed by atoms with Crippen molar-refractivity contribution >= 4 is 11.9 Å². The van der Waals surface area contributed by atoms with E-state index in [4.69, 9.17) is 5.73 Å². The lowest BCUT2D eigenvalue weighted by Crippen LogP contribution is -2.38. The van der Waals surface area contributed by atoms with Gasteiger partial charge in [0.05, 0.1) is 5.92 Å². The van der Waals surface area contributed by atoms with Gasteiger partial charge in [0.15, 0.2) is 0 Å². The third kappa shape index (κ3) is 3.66. The van der Waals surface area contributed by atoms with Crippen LogP contribution < -0.4 is 11.1 Å². The van der Waals surface area contributed by atoms with Crippen molar-refractivity contribution in [2.75, 3.05) is 5.32 Å². The second-order valence-corrected chi connectivity index (χ2v) is 5.37. The van der Waals surface area contributed by atoms with Crippen LogP contribution in [-0.4, -0.2) is 21.9 Å². The van der Waals surface area contributed by atoms with Crippen molar-refractivity contribution in [2.45, 2.75) is 52.0 Å². The number of amides is 1. The summed E-state index contributed by atoms with van der Waals surface area (Å²) in [5.41, 5.74) is 7.38. The molecule has 104 valence electrons. The minimum atomic E-state index is -0.219. The quantitative estimate of drug-likeness (QED) is 0.816. The molecule has 0 aliphatic heterocycles. The third-order valence-corrected chi connectivity index (χ3v) is 3.68. The molecular weight excluding hydrogens is 240 g/mol. The number of primary amides is 1. The van der Waals surface area contributed by atoms with E-state index in [-0.39, 0.29) is 17.9 Å². The third-order valence-electron chi connectivity index (χ3n) is 3.68. The van der Waals surface area contributed by atoms with E-state index in [0.717, 1.165) is 43.5 Å². The molecule has 0 radical (unpaired) electrons. The minimum Gasteiger partial charge on any atom is -0.369 e. The summed E-state index contributed by atoms with van der Waals surface area (Å²) >= 11 is 0. The van der Waals surface area contributed by atoms with Gasteiger partial charge in [-0.1, -0.05) is 19.3 Å². The van der Waals surface area contributed by atoms with E-state index in [1.54, 1.807) is 0 Å². The van der Waals surface area contributed by atoms with E-state index in [1.165, 1.54) is 0 Å². The molecule has 1 aliphatic rings. The first-order chi connectivity index (χ1) is 9.06. The SMILES string of the molecule is Cc1cc(C)nc(NC2CCCCCC2C(N)=O)n1. The van der Waals surface area contributed by atoms with Crippen LogP contribution in [0, 0.1) is 19.8 Å². The molecule has 1 aliphatic carbocycles. The molecule has 0 saturated heterocycles. The second kappa shape index (κ2) is 5.99. The first kappa shape index (κ1) is 13.8. The van der Waals surface area contributed by atoms with Gasteiger partial charge in [0.1, 0.15) is 0 Å². The molecular formula is C14H22N4O. The fourth-order valence-corrected chi connectivity index (χ4v) is 2.78. The first-order valence-corrected chi connectivity index (χ1v) is 6.94. The van der Waals surface area contributed by atoms with Crippen LogP contribution in [0.4, 0.5) is 5.95 Å². The Morgan fingerprint density at radius 2 is 1.84 bits per heavy atom. The Morgan fingerprint density at radius 3 is 2.47 bits per heavy atom. The average Bonchev–Trinajstić information content (AvgIpc) is 2.53. The highest BCUT2D eigenvalue weighted by molar-refractivity contribution is 5.77. The zero-order valence-corrected chi connectivity index (χ0v) is 11.6. The van der Waals surface area contributed by atoms with Gasteiger partial charge in [-0.05, 0) is 32.8 Å². The second-order valence-electron chi connectivity index (χ2n) is 5.37. The number of nitrogens with one attached hydrogen (secondary N) is 1. The number of rotatable bonds is 3. The van der Waals surface area contributed by atoms with Crippen LogP contribution in [0.15, 0.2) is 6.07 Å². The van der Waals surface area contributed by atoms with Gasteiger partial charge in [0.2, 0.25) is 11.9 Å². The summed E-state index contributed by atoms with van der Waals surface area (Å²) in [5.74, 6) is 0.270. The minimum absolute atomic E-state index is 0.0567. The molecule has 1 amide bonds. The van der Waals surface area contributed by atoms with Gasteiger partial charge in [-0.2, -0.15) is 0 Å². The summed E-state index contributed by atoms with van der Waals surface area (Å²) in [6, 6.07) is 1.99. The van der Waals surface area contributed by atoms with E-state index >= 15 is 0 Å². The predicted octanol–water partition coefficient (Wildman–Crippen LogP) is 1.94. The molecule has 19 heavy (non-hydrogen) atoms. The van der Waals surface area contributed by atoms with Crippen molar-refractivity contribution in [1.29, 1.82) is 0 Å². The zero-order chi connectivity index (χ0) is 13.8. The molecule has 2 atom stereocenters. The van der Waals surface area contributed by atoms with Crippen molar-refractivity contribution < 1.29 is 4.79 Å². The number of carbonyl (C=O) groups is 1. The lowest BCUT2D eigenvalue weighted by Gasteiger charge is -2.23. The topological polar surface area (TPSA) is 80.9 Å². The number of nitrogens with zero attached hydrogens (tertiary/aromatic N) is 2. The van der Waals surface area contributed by atoms with Crippen LogP contribution in [0.25, 0.3) is 0 Å². The summed E-state index contributed by atoms with van der Waals surface area (Å²) in [5, 5.41) is 3.31. The van der Waals surface area contributed by atoms with E-state index < -0.39 is 0 Å². The number of aromatic nitrogens is 2. The number of hydrogen-bond acceptors (Lipinski definition) is 4. The first-order valence-electron chi connectivity index (χ1n) is 6.94. The van der Waals surface area contributed by atoms with Gasteiger partial charge < -0.3 is 11.1 Å². The van der Waals surface area contributed by atoms with Gasteiger partial charge in [-0.25, -0.2) is 9.97 Å². The van der Waals surface area contributed by atoms with E-state index in [9.17, 15) is 4.79 Å². The molecule has 5 nitrogen and oxygen atoms in total. The molecule has 0 spiro atoms. The molecule has 1 aromatic rings. The van der Waals surface area contributed by atoms with Crippen molar-refractivity contribution in [3.05, 3.63) is 17.5 Å². The molecule has 2 rings (SSSR count). The van der Waals surface area contributed by atoms with Crippen LogP contribution in [0.2, 0.25) is 0 Å². The summed E-state index contributed by atoms with van der Waals surface area (Å²) in [7, 11) is 0. The normalized spacial score (nSPS) is 23.7. The Kier molecular flexibility index (Phi) is 4.35. The van der Waals surface area contributed by atoms with Crippen LogP contribution in [0.1, 0.15) is 43.5 Å². The maximum atomic E-state index is 11.6. The van der Waals surface area contributed by atoms with E-state index in [0.29, 0.717) is 5.95 Å². The molecule has 1 fully saturated rings. The van der Waals surface area contributed by atoms with Crippen LogP contribution in [0.5, 0.6) is 0 Å². The number of aryl methyl sites for hydroxylation is 2. The Bertz CT molecular complexity index is 441. The van der Waals surface area contributed by atoms with Crippen molar-refractivity contribution in [1.82, 2.24) is 9.97 Å². The fourth-order valence-electron chi connectivity index (χ4n) is 2.78. The number of anilines is 1. The smallest absolute Gasteiger partial charge is 0.223 e. The average molecular weight is 262 g/mol. The summed E-state index contributed by atoms with van der Waals surface area (Å²) in [6.07, 6.45) is 5.16. The van der Waals surface area contributed by atoms with Crippen LogP contribution >= 0.6 is 0 Å². The highest BCUT2D eigenvalue weighted by atomic mass is 16.1. The zero-order valence-electron chi connectivity index (χ0n) is 11.6. The Balaban J connectivity index is 2.15. The van der Waals surface area contributed by atoms with Gasteiger partial charge in [-0.15, -0.1) is 0 Å². The number of carbonyl (C=O) groups excluding carboxylic acids is 1. The summed E-state index contributed by atoms with van der Waals surface area (Å²) in [4.78, 5) is 20.3. The lowest BCUT2D eigenvalue weighted by molar-refractivity contribution is -0.122. The molecule has 1 aromatic heterocycles.